The molecule has 0 spiro atoms. The van der Waals surface area contributed by atoms with E-state index < -0.39 is 0 Å². The molecule has 1 N–H and O–H groups in total. The second-order valence-electron chi connectivity index (χ2n) is 3.75. The van der Waals surface area contributed by atoms with Gasteiger partial charge in [0.1, 0.15) is 0 Å². The fourth-order valence-corrected chi connectivity index (χ4v) is 1.16. The summed E-state index contributed by atoms with van der Waals surface area (Å²) in [6.45, 7) is 4.15. The van der Waals surface area contributed by atoms with Crippen LogP contribution in [0.2, 0.25) is 0 Å². The molecule has 5 nitrogen and oxygen atoms in total. The monoisotopic (exact) mass is 245 g/mol. The lowest BCUT2D eigenvalue weighted by Gasteiger charge is -2.05. The smallest absolute Gasteiger partial charge is 0.306 e. The van der Waals surface area contributed by atoms with Crippen LogP contribution in [0.5, 0.6) is 0 Å². The van der Waals surface area contributed by atoms with Crippen molar-refractivity contribution in [1.29, 1.82) is 0 Å². The van der Waals surface area contributed by atoms with Crippen molar-refractivity contribution in [3.05, 3.63) is 0 Å². The number of nitrogens with one attached hydrogen (secondary N) is 1. The van der Waals surface area contributed by atoms with Crippen LogP contribution in [-0.4, -0.2) is 38.7 Å². The van der Waals surface area contributed by atoms with Gasteiger partial charge in [0.15, 0.2) is 0 Å². The fourth-order valence-electron chi connectivity index (χ4n) is 1.16. The van der Waals surface area contributed by atoms with E-state index in [0.717, 1.165) is 25.9 Å². The van der Waals surface area contributed by atoms with Gasteiger partial charge in [0.05, 0.1) is 13.5 Å². The molecule has 0 radical (unpaired) electrons. The van der Waals surface area contributed by atoms with E-state index in [4.69, 9.17) is 4.74 Å². The molecule has 0 bridgehead atoms. The third-order valence-corrected chi connectivity index (χ3v) is 2.21. The third-order valence-electron chi connectivity index (χ3n) is 2.21. The summed E-state index contributed by atoms with van der Waals surface area (Å²) in [6.07, 6.45) is 3.32. The molecule has 5 heteroatoms. The largest absolute Gasteiger partial charge is 0.469 e. The molecule has 0 aromatic carbocycles. The van der Waals surface area contributed by atoms with Crippen LogP contribution in [0.1, 0.15) is 39.0 Å². The van der Waals surface area contributed by atoms with Crippen LogP contribution in [-0.2, 0) is 19.1 Å². The van der Waals surface area contributed by atoms with Crippen LogP contribution >= 0.6 is 0 Å². The molecule has 0 aromatic rings. The normalized spacial score (nSPS) is 10.0. The number of hydrogen-bond donors (Lipinski definition) is 1. The van der Waals surface area contributed by atoms with E-state index >= 15 is 0 Å². The Morgan fingerprint density at radius 3 is 2.47 bits per heavy atom. The summed E-state index contributed by atoms with van der Waals surface area (Å²) >= 11 is 0. The summed E-state index contributed by atoms with van der Waals surface area (Å²) < 4.78 is 9.79. The number of methoxy groups -OCH3 is 1. The number of esters is 1. The van der Waals surface area contributed by atoms with E-state index in [2.05, 4.69) is 17.0 Å². The SMILES string of the molecule is CCCCOCCCNC(=O)CCC(=O)OC. The zero-order chi connectivity index (χ0) is 12.9. The van der Waals surface area contributed by atoms with Crippen molar-refractivity contribution >= 4 is 11.9 Å². The lowest BCUT2D eigenvalue weighted by Crippen LogP contribution is -2.25. The molecule has 0 rings (SSSR count). The van der Waals surface area contributed by atoms with Gasteiger partial charge in [-0.25, -0.2) is 0 Å². The van der Waals surface area contributed by atoms with Crippen LogP contribution in [0.15, 0.2) is 0 Å². The van der Waals surface area contributed by atoms with Crippen LogP contribution in [0, 0.1) is 0 Å². The Morgan fingerprint density at radius 2 is 1.82 bits per heavy atom. The fraction of sp³-hybridized carbons (Fsp3) is 0.833. The second-order valence-corrected chi connectivity index (χ2v) is 3.75. The van der Waals surface area contributed by atoms with Gasteiger partial charge < -0.3 is 14.8 Å². The summed E-state index contributed by atoms with van der Waals surface area (Å²) in [4.78, 5) is 22.0. The summed E-state index contributed by atoms with van der Waals surface area (Å²) in [5.74, 6) is -0.480. The maximum Gasteiger partial charge on any atom is 0.306 e. The van der Waals surface area contributed by atoms with E-state index in [1.807, 2.05) is 0 Å². The van der Waals surface area contributed by atoms with Gasteiger partial charge in [0.25, 0.3) is 0 Å². The van der Waals surface area contributed by atoms with Gasteiger partial charge in [-0.15, -0.1) is 0 Å². The molecule has 0 unspecified atom stereocenters. The van der Waals surface area contributed by atoms with E-state index in [9.17, 15) is 9.59 Å². The minimum atomic E-state index is -0.358. The lowest BCUT2D eigenvalue weighted by molar-refractivity contribution is -0.142. The molecule has 1 amide bonds. The molecule has 17 heavy (non-hydrogen) atoms. The molecule has 0 saturated heterocycles. The van der Waals surface area contributed by atoms with Crippen LogP contribution in [0.25, 0.3) is 0 Å². The number of hydrogen-bond acceptors (Lipinski definition) is 4. The highest BCUT2D eigenvalue weighted by atomic mass is 16.5. The van der Waals surface area contributed by atoms with Gasteiger partial charge in [-0.2, -0.15) is 0 Å². The average Bonchev–Trinajstić information content (AvgIpc) is 2.34. The number of carbonyl (C=O) groups excluding carboxylic acids is 2. The Hall–Kier alpha value is -1.10. The van der Waals surface area contributed by atoms with E-state index in [-0.39, 0.29) is 24.7 Å². The predicted octanol–water partition coefficient (Wildman–Crippen LogP) is 1.26. The summed E-state index contributed by atoms with van der Waals surface area (Å²) in [6, 6.07) is 0. The molecule has 0 aromatic heterocycles. The lowest BCUT2D eigenvalue weighted by atomic mass is 10.3. The topological polar surface area (TPSA) is 64.6 Å². The standard InChI is InChI=1S/C12H23NO4/c1-3-4-9-17-10-5-8-13-11(14)6-7-12(15)16-2/h3-10H2,1-2H3,(H,13,14). The highest BCUT2D eigenvalue weighted by molar-refractivity contribution is 5.81. The maximum absolute atomic E-state index is 11.2. The molecule has 0 heterocycles. The van der Waals surface area contributed by atoms with Crippen LogP contribution in [0.3, 0.4) is 0 Å². The van der Waals surface area contributed by atoms with Crippen molar-refractivity contribution in [3.8, 4) is 0 Å². The first-order valence-electron chi connectivity index (χ1n) is 6.12. The first-order chi connectivity index (χ1) is 8.20. The van der Waals surface area contributed by atoms with Gasteiger partial charge in [-0.05, 0) is 12.8 Å². The van der Waals surface area contributed by atoms with Crippen molar-refractivity contribution in [2.45, 2.75) is 39.0 Å². The molecular weight excluding hydrogens is 222 g/mol. The zero-order valence-electron chi connectivity index (χ0n) is 10.8. The quantitative estimate of drug-likeness (QED) is 0.465. The Bertz CT molecular complexity index is 219. The van der Waals surface area contributed by atoms with Gasteiger partial charge >= 0.3 is 5.97 Å². The minimum Gasteiger partial charge on any atom is -0.469 e. The van der Waals surface area contributed by atoms with E-state index in [0.29, 0.717) is 13.2 Å². The number of rotatable bonds is 10. The van der Waals surface area contributed by atoms with Gasteiger partial charge in [-0.1, -0.05) is 13.3 Å². The highest BCUT2D eigenvalue weighted by Gasteiger charge is 2.05. The first kappa shape index (κ1) is 15.9. The molecule has 100 valence electrons. The molecule has 0 aliphatic heterocycles. The Morgan fingerprint density at radius 1 is 1.12 bits per heavy atom. The number of unbranched alkanes of at least 4 members (excludes halogenated alkanes) is 1. The third kappa shape index (κ3) is 11.2. The Labute approximate surface area is 103 Å². The van der Waals surface area contributed by atoms with Crippen LogP contribution in [0.4, 0.5) is 0 Å². The molecule has 0 saturated carbocycles. The maximum atomic E-state index is 11.2. The first-order valence-corrected chi connectivity index (χ1v) is 6.12. The molecule has 0 aliphatic carbocycles. The number of carbonyl (C=O) groups is 2. The Balaban J connectivity index is 3.25. The average molecular weight is 245 g/mol. The van der Waals surface area contributed by atoms with Crippen molar-refractivity contribution in [1.82, 2.24) is 5.32 Å². The highest BCUT2D eigenvalue weighted by Crippen LogP contribution is 1.92. The van der Waals surface area contributed by atoms with Crippen molar-refractivity contribution < 1.29 is 19.1 Å². The van der Waals surface area contributed by atoms with Gasteiger partial charge in [0.2, 0.25) is 5.91 Å². The van der Waals surface area contributed by atoms with Crippen molar-refractivity contribution in [2.24, 2.45) is 0 Å². The van der Waals surface area contributed by atoms with E-state index in [1.54, 1.807) is 0 Å². The number of ether oxygens (including phenoxy) is 2. The minimum absolute atomic E-state index is 0.121. The predicted molar refractivity (Wildman–Crippen MR) is 64.6 cm³/mol. The zero-order valence-corrected chi connectivity index (χ0v) is 10.8. The molecule has 0 aliphatic rings. The number of amides is 1. The molecule has 0 atom stereocenters. The molecular formula is C12H23NO4. The van der Waals surface area contributed by atoms with Crippen molar-refractivity contribution in [2.75, 3.05) is 26.9 Å². The second kappa shape index (κ2) is 11.4. The summed E-state index contributed by atoms with van der Waals surface area (Å²) in [5, 5.41) is 2.73. The molecule has 0 fully saturated rings. The Kier molecular flexibility index (Phi) is 10.7. The summed E-state index contributed by atoms with van der Waals surface area (Å²) in [5.41, 5.74) is 0. The van der Waals surface area contributed by atoms with Crippen LogP contribution < -0.4 is 5.32 Å². The summed E-state index contributed by atoms with van der Waals surface area (Å²) in [7, 11) is 1.31. The van der Waals surface area contributed by atoms with Gasteiger partial charge in [-0.3, -0.25) is 9.59 Å². The van der Waals surface area contributed by atoms with Gasteiger partial charge in [0, 0.05) is 26.2 Å². The van der Waals surface area contributed by atoms with Crippen molar-refractivity contribution in [3.63, 3.8) is 0 Å². The van der Waals surface area contributed by atoms with E-state index in [1.165, 1.54) is 7.11 Å².